The van der Waals surface area contributed by atoms with Crippen molar-refractivity contribution in [1.29, 1.82) is 0 Å². The van der Waals surface area contributed by atoms with Gasteiger partial charge in [0, 0.05) is 16.1 Å². The quantitative estimate of drug-likeness (QED) is 0.434. The molecule has 4 aromatic rings. The smallest absolute Gasteiger partial charge is 0.269 e. The predicted octanol–water partition coefficient (Wildman–Crippen LogP) is 4.34. The van der Waals surface area contributed by atoms with E-state index in [2.05, 4.69) is 15.4 Å². The molecule has 1 aliphatic heterocycles. The summed E-state index contributed by atoms with van der Waals surface area (Å²) < 4.78 is 7.49. The molecule has 0 saturated carbocycles. The molecule has 3 heterocycles. The molecule has 1 amide bonds. The van der Waals surface area contributed by atoms with Gasteiger partial charge in [0.05, 0.1) is 11.9 Å². The van der Waals surface area contributed by atoms with Gasteiger partial charge in [0.15, 0.2) is 5.69 Å². The minimum absolute atomic E-state index is 0.349. The SMILES string of the molecule is NC(=O)c1c(-c2ccc(Oc3ccc(Cl)cc3)cc2)[nH]c2c(C3CCNCC3)cnn12. The predicted molar refractivity (Wildman–Crippen MR) is 120 cm³/mol. The zero-order valence-corrected chi connectivity index (χ0v) is 17.5. The highest BCUT2D eigenvalue weighted by Crippen LogP contribution is 2.33. The second-order valence-electron chi connectivity index (χ2n) is 7.68. The maximum absolute atomic E-state index is 12.3. The third kappa shape index (κ3) is 3.78. The highest BCUT2D eigenvalue weighted by atomic mass is 35.5. The Labute approximate surface area is 184 Å². The number of aromatic nitrogens is 3. The normalized spacial score (nSPS) is 14.7. The number of fused-ring (bicyclic) bond motifs is 1. The van der Waals surface area contributed by atoms with E-state index in [0.29, 0.717) is 33.8 Å². The summed E-state index contributed by atoms with van der Waals surface area (Å²) in [6.07, 6.45) is 3.93. The molecule has 0 unspecified atom stereocenters. The van der Waals surface area contributed by atoms with E-state index < -0.39 is 5.91 Å². The average molecular weight is 436 g/mol. The van der Waals surface area contributed by atoms with Crippen LogP contribution in [0.25, 0.3) is 16.9 Å². The summed E-state index contributed by atoms with van der Waals surface area (Å²) in [7, 11) is 0. The minimum Gasteiger partial charge on any atom is -0.457 e. The van der Waals surface area contributed by atoms with Crippen LogP contribution in [0.5, 0.6) is 11.5 Å². The van der Waals surface area contributed by atoms with Crippen LogP contribution in [0.1, 0.15) is 34.8 Å². The van der Waals surface area contributed by atoms with Gasteiger partial charge in [-0.15, -0.1) is 0 Å². The molecule has 158 valence electrons. The van der Waals surface area contributed by atoms with Crippen LogP contribution >= 0.6 is 11.6 Å². The fourth-order valence-electron chi connectivity index (χ4n) is 4.14. The first-order valence-electron chi connectivity index (χ1n) is 10.2. The number of ether oxygens (including phenoxy) is 1. The van der Waals surface area contributed by atoms with Crippen molar-refractivity contribution in [1.82, 2.24) is 19.9 Å². The first-order valence-corrected chi connectivity index (χ1v) is 10.6. The molecule has 5 rings (SSSR count). The van der Waals surface area contributed by atoms with E-state index in [1.54, 1.807) is 16.6 Å². The van der Waals surface area contributed by atoms with Crippen LogP contribution in [0.3, 0.4) is 0 Å². The number of piperidine rings is 1. The number of carbonyl (C=O) groups is 1. The van der Waals surface area contributed by atoms with E-state index in [1.165, 1.54) is 0 Å². The molecule has 0 atom stereocenters. The zero-order chi connectivity index (χ0) is 21.4. The molecule has 0 aliphatic carbocycles. The van der Waals surface area contributed by atoms with Crippen LogP contribution in [0.4, 0.5) is 0 Å². The van der Waals surface area contributed by atoms with Gasteiger partial charge in [0.1, 0.15) is 17.1 Å². The van der Waals surface area contributed by atoms with Gasteiger partial charge in [0.2, 0.25) is 0 Å². The number of benzene rings is 2. The Hall–Kier alpha value is -3.29. The van der Waals surface area contributed by atoms with E-state index in [9.17, 15) is 4.79 Å². The lowest BCUT2D eigenvalue weighted by molar-refractivity contribution is 0.0994. The number of primary amides is 1. The third-order valence-corrected chi connectivity index (χ3v) is 5.95. The molecule has 0 bridgehead atoms. The van der Waals surface area contributed by atoms with Crippen LogP contribution in [0.15, 0.2) is 54.7 Å². The van der Waals surface area contributed by atoms with Crippen LogP contribution in [0, 0.1) is 0 Å². The van der Waals surface area contributed by atoms with Gasteiger partial charge in [-0.2, -0.15) is 5.10 Å². The number of halogens is 1. The molecule has 8 heteroatoms. The largest absolute Gasteiger partial charge is 0.457 e. The fourth-order valence-corrected chi connectivity index (χ4v) is 4.26. The lowest BCUT2D eigenvalue weighted by atomic mass is 9.92. The molecular formula is C23H22ClN5O2. The summed E-state index contributed by atoms with van der Waals surface area (Å²) in [4.78, 5) is 15.7. The molecule has 31 heavy (non-hydrogen) atoms. The number of hydrogen-bond donors (Lipinski definition) is 3. The first-order chi connectivity index (χ1) is 15.1. The minimum atomic E-state index is -0.525. The lowest BCUT2D eigenvalue weighted by Crippen LogP contribution is -2.26. The molecule has 1 fully saturated rings. The summed E-state index contributed by atoms with van der Waals surface area (Å²) in [6, 6.07) is 14.7. The number of amides is 1. The zero-order valence-electron chi connectivity index (χ0n) is 16.8. The van der Waals surface area contributed by atoms with Gasteiger partial charge in [-0.3, -0.25) is 4.79 Å². The van der Waals surface area contributed by atoms with E-state index in [0.717, 1.165) is 42.7 Å². The molecule has 4 N–H and O–H groups in total. The Balaban J connectivity index is 1.48. The summed E-state index contributed by atoms with van der Waals surface area (Å²) in [5.74, 6) is 1.25. The van der Waals surface area contributed by atoms with Crippen molar-refractivity contribution >= 4 is 23.2 Å². The van der Waals surface area contributed by atoms with Crippen molar-refractivity contribution < 1.29 is 9.53 Å². The van der Waals surface area contributed by atoms with Crippen LogP contribution < -0.4 is 15.8 Å². The van der Waals surface area contributed by atoms with E-state index >= 15 is 0 Å². The third-order valence-electron chi connectivity index (χ3n) is 5.69. The van der Waals surface area contributed by atoms with Crippen LogP contribution in [0.2, 0.25) is 5.02 Å². The molecule has 0 radical (unpaired) electrons. The van der Waals surface area contributed by atoms with Gasteiger partial charge in [0.25, 0.3) is 5.91 Å². The van der Waals surface area contributed by atoms with E-state index in [-0.39, 0.29) is 0 Å². The van der Waals surface area contributed by atoms with Crippen molar-refractivity contribution in [3.63, 3.8) is 0 Å². The molecule has 0 spiro atoms. The molecule has 2 aromatic carbocycles. The Morgan fingerprint density at radius 2 is 1.71 bits per heavy atom. The van der Waals surface area contributed by atoms with E-state index in [4.69, 9.17) is 22.1 Å². The second kappa shape index (κ2) is 8.09. The number of nitrogens with zero attached hydrogens (tertiary/aromatic N) is 2. The number of hydrogen-bond acceptors (Lipinski definition) is 4. The number of nitrogens with two attached hydrogens (primary N) is 1. The first kappa shape index (κ1) is 19.7. The van der Waals surface area contributed by atoms with Crippen molar-refractivity contribution in [2.75, 3.05) is 13.1 Å². The number of H-pyrrole nitrogens is 1. The summed E-state index contributed by atoms with van der Waals surface area (Å²) in [6.45, 7) is 1.96. The number of carbonyl (C=O) groups excluding carboxylic acids is 1. The van der Waals surface area contributed by atoms with E-state index in [1.807, 2.05) is 42.6 Å². The monoisotopic (exact) mass is 435 g/mol. The molecule has 7 nitrogen and oxygen atoms in total. The number of aromatic amines is 1. The van der Waals surface area contributed by atoms with Crippen LogP contribution in [-0.4, -0.2) is 33.6 Å². The highest BCUT2D eigenvalue weighted by Gasteiger charge is 2.25. The summed E-state index contributed by atoms with van der Waals surface area (Å²) >= 11 is 5.92. The van der Waals surface area contributed by atoms with Crippen molar-refractivity contribution in [3.8, 4) is 22.8 Å². The maximum Gasteiger partial charge on any atom is 0.269 e. The summed E-state index contributed by atoms with van der Waals surface area (Å²) in [5.41, 5.74) is 9.52. The fraction of sp³-hybridized carbons (Fsp3) is 0.217. The number of nitrogens with one attached hydrogen (secondary N) is 2. The van der Waals surface area contributed by atoms with Gasteiger partial charge in [-0.25, -0.2) is 4.52 Å². The van der Waals surface area contributed by atoms with Crippen LogP contribution in [-0.2, 0) is 0 Å². The molecule has 1 aliphatic rings. The Kier molecular flexibility index (Phi) is 5.13. The number of imidazole rings is 1. The Bertz CT molecular complexity index is 1220. The van der Waals surface area contributed by atoms with Crippen molar-refractivity contribution in [2.45, 2.75) is 18.8 Å². The Morgan fingerprint density at radius 1 is 1.06 bits per heavy atom. The van der Waals surface area contributed by atoms with Gasteiger partial charge < -0.3 is 20.8 Å². The molecule has 1 saturated heterocycles. The lowest BCUT2D eigenvalue weighted by Gasteiger charge is -2.21. The summed E-state index contributed by atoms with van der Waals surface area (Å²) in [5, 5.41) is 8.51. The van der Waals surface area contributed by atoms with Gasteiger partial charge in [-0.05, 0) is 80.4 Å². The van der Waals surface area contributed by atoms with Gasteiger partial charge >= 0.3 is 0 Å². The highest BCUT2D eigenvalue weighted by molar-refractivity contribution is 6.30. The topological polar surface area (TPSA) is 97.4 Å². The van der Waals surface area contributed by atoms with Crippen molar-refractivity contribution in [2.24, 2.45) is 5.73 Å². The Morgan fingerprint density at radius 3 is 2.35 bits per heavy atom. The molecular weight excluding hydrogens is 414 g/mol. The molecule has 2 aromatic heterocycles. The standard InChI is InChI=1S/C23H22ClN5O2/c24-16-3-7-18(8-4-16)31-17-5-1-15(2-6-17)20-21(22(25)30)29-23(28-20)19(13-27-29)14-9-11-26-12-10-14/h1-8,13-14,26,28H,9-12H2,(H2,25,30). The maximum atomic E-state index is 12.3. The van der Waals surface area contributed by atoms with Gasteiger partial charge in [-0.1, -0.05) is 11.6 Å². The van der Waals surface area contributed by atoms with Crippen molar-refractivity contribution in [3.05, 3.63) is 71.0 Å². The second-order valence-corrected chi connectivity index (χ2v) is 8.11. The number of rotatable bonds is 5. The average Bonchev–Trinajstić information content (AvgIpc) is 3.36.